The van der Waals surface area contributed by atoms with Crippen LogP contribution in [0.15, 0.2) is 115 Å². The fraction of sp³-hybridized carbons (Fsp3) is 0.263. The standard InChI is InChI=1S/C38H37BO3/c1-37(2)38(3,4)42-39(41-37)36-33(25-14-8-6-9-15-25)32(27-20-22-29(40-5)23-21-27)31-24-28-18-12-13-19-30(28)35(31)34(36)26-16-10-7-11-17-26/h6-23,31,35H,24H2,1-5H3/t31-,35-/m0/s1. The van der Waals surface area contributed by atoms with Crippen molar-refractivity contribution in [2.75, 3.05) is 7.11 Å². The van der Waals surface area contributed by atoms with Crippen molar-refractivity contribution in [2.24, 2.45) is 5.92 Å². The van der Waals surface area contributed by atoms with Crippen LogP contribution in [-0.4, -0.2) is 25.4 Å². The average Bonchev–Trinajstić information content (AvgIpc) is 3.49. The van der Waals surface area contributed by atoms with Gasteiger partial charge in [0.2, 0.25) is 0 Å². The Balaban J connectivity index is 1.61. The molecule has 0 bridgehead atoms. The Hall–Kier alpha value is -3.86. The van der Waals surface area contributed by atoms with E-state index in [4.69, 9.17) is 14.0 Å². The molecule has 210 valence electrons. The van der Waals surface area contributed by atoms with Gasteiger partial charge in [0.15, 0.2) is 0 Å². The quantitative estimate of drug-likeness (QED) is 0.232. The van der Waals surface area contributed by atoms with Crippen LogP contribution in [0.5, 0.6) is 5.75 Å². The second-order valence-corrected chi connectivity index (χ2v) is 12.7. The molecule has 1 fully saturated rings. The van der Waals surface area contributed by atoms with Gasteiger partial charge in [-0.25, -0.2) is 0 Å². The van der Waals surface area contributed by atoms with E-state index in [-0.39, 0.29) is 11.8 Å². The number of allylic oxidation sites excluding steroid dienone is 4. The number of fused-ring (bicyclic) bond motifs is 3. The van der Waals surface area contributed by atoms with Gasteiger partial charge in [-0.15, -0.1) is 0 Å². The number of hydrogen-bond donors (Lipinski definition) is 0. The first-order valence-corrected chi connectivity index (χ1v) is 15.0. The second-order valence-electron chi connectivity index (χ2n) is 12.7. The zero-order chi connectivity index (χ0) is 29.1. The van der Waals surface area contributed by atoms with Crippen molar-refractivity contribution in [1.29, 1.82) is 0 Å². The molecule has 2 atom stereocenters. The van der Waals surface area contributed by atoms with E-state index in [9.17, 15) is 0 Å². The highest BCUT2D eigenvalue weighted by Gasteiger charge is 2.56. The summed E-state index contributed by atoms with van der Waals surface area (Å²) in [5.74, 6) is 1.28. The molecular weight excluding hydrogens is 515 g/mol. The van der Waals surface area contributed by atoms with Gasteiger partial charge in [-0.05, 0) is 96.3 Å². The van der Waals surface area contributed by atoms with Gasteiger partial charge < -0.3 is 14.0 Å². The largest absolute Gasteiger partial charge is 0.497 e. The summed E-state index contributed by atoms with van der Waals surface area (Å²) in [5.41, 5.74) is 10.5. The Kier molecular flexibility index (Phi) is 6.53. The minimum atomic E-state index is -0.526. The molecule has 1 aliphatic heterocycles. The highest BCUT2D eigenvalue weighted by atomic mass is 16.7. The Morgan fingerprint density at radius 3 is 1.81 bits per heavy atom. The summed E-state index contributed by atoms with van der Waals surface area (Å²) < 4.78 is 19.4. The van der Waals surface area contributed by atoms with Gasteiger partial charge in [-0.3, -0.25) is 0 Å². The van der Waals surface area contributed by atoms with E-state index in [0.29, 0.717) is 0 Å². The van der Waals surface area contributed by atoms with Crippen LogP contribution in [0.1, 0.15) is 61.4 Å². The van der Waals surface area contributed by atoms with Crippen LogP contribution in [0.4, 0.5) is 0 Å². The lowest BCUT2D eigenvalue weighted by Gasteiger charge is -2.37. The fourth-order valence-electron chi connectivity index (χ4n) is 7.06. The van der Waals surface area contributed by atoms with Crippen LogP contribution in [0, 0.1) is 5.92 Å². The molecule has 3 nitrogen and oxygen atoms in total. The molecule has 0 unspecified atom stereocenters. The Morgan fingerprint density at radius 2 is 1.19 bits per heavy atom. The first-order chi connectivity index (χ1) is 20.3. The molecule has 0 aromatic heterocycles. The number of ether oxygens (including phenoxy) is 1. The van der Waals surface area contributed by atoms with E-state index in [2.05, 4.69) is 137 Å². The van der Waals surface area contributed by atoms with Gasteiger partial charge >= 0.3 is 7.12 Å². The lowest BCUT2D eigenvalue weighted by Crippen LogP contribution is -2.41. The van der Waals surface area contributed by atoms with E-state index in [0.717, 1.165) is 17.6 Å². The predicted octanol–water partition coefficient (Wildman–Crippen LogP) is 8.66. The van der Waals surface area contributed by atoms with Crippen LogP contribution < -0.4 is 4.74 Å². The van der Waals surface area contributed by atoms with Crippen LogP contribution in [-0.2, 0) is 15.7 Å². The number of rotatable bonds is 5. The third-order valence-electron chi connectivity index (χ3n) is 9.78. The fourth-order valence-corrected chi connectivity index (χ4v) is 7.06. The zero-order valence-corrected chi connectivity index (χ0v) is 25.1. The van der Waals surface area contributed by atoms with Crippen molar-refractivity contribution in [3.63, 3.8) is 0 Å². The third-order valence-corrected chi connectivity index (χ3v) is 9.78. The molecular formula is C38H37BO3. The van der Waals surface area contributed by atoms with E-state index in [1.807, 2.05) is 0 Å². The van der Waals surface area contributed by atoms with Gasteiger partial charge in [-0.2, -0.15) is 0 Å². The Morgan fingerprint density at radius 1 is 0.643 bits per heavy atom. The molecule has 42 heavy (non-hydrogen) atoms. The normalized spacial score (nSPS) is 22.3. The van der Waals surface area contributed by atoms with Crippen LogP contribution in [0.2, 0.25) is 0 Å². The number of benzene rings is 4. The van der Waals surface area contributed by atoms with Crippen LogP contribution >= 0.6 is 0 Å². The Bertz CT molecular complexity index is 1670. The summed E-state index contributed by atoms with van der Waals surface area (Å²) in [7, 11) is 1.20. The minimum absolute atomic E-state index is 0.169. The lowest BCUT2D eigenvalue weighted by molar-refractivity contribution is 0.00578. The summed E-state index contributed by atoms with van der Waals surface area (Å²) >= 11 is 0. The van der Waals surface area contributed by atoms with E-state index in [1.165, 1.54) is 44.5 Å². The van der Waals surface area contributed by atoms with Gasteiger partial charge in [0.1, 0.15) is 5.75 Å². The molecule has 0 radical (unpaired) electrons. The minimum Gasteiger partial charge on any atom is -0.497 e. The molecule has 4 aromatic rings. The number of hydrogen-bond acceptors (Lipinski definition) is 3. The first kappa shape index (κ1) is 27.0. The van der Waals surface area contributed by atoms with Crippen LogP contribution in [0.3, 0.4) is 0 Å². The van der Waals surface area contributed by atoms with Crippen molar-refractivity contribution in [2.45, 2.75) is 51.2 Å². The second kappa shape index (κ2) is 10.2. The van der Waals surface area contributed by atoms with Crippen molar-refractivity contribution >= 4 is 23.8 Å². The smallest absolute Gasteiger partial charge is 0.495 e. The van der Waals surface area contributed by atoms with Crippen molar-refractivity contribution in [3.05, 3.63) is 142 Å². The number of methoxy groups -OCH3 is 1. The van der Waals surface area contributed by atoms with Gasteiger partial charge in [0, 0.05) is 11.8 Å². The monoisotopic (exact) mass is 552 g/mol. The molecule has 4 heteroatoms. The molecule has 0 saturated carbocycles. The molecule has 0 amide bonds. The van der Waals surface area contributed by atoms with Crippen molar-refractivity contribution < 1.29 is 14.0 Å². The average molecular weight is 553 g/mol. The summed E-state index contributed by atoms with van der Waals surface area (Å²) in [6.45, 7) is 8.57. The van der Waals surface area contributed by atoms with Crippen molar-refractivity contribution in [1.82, 2.24) is 0 Å². The maximum absolute atomic E-state index is 6.93. The van der Waals surface area contributed by atoms with Gasteiger partial charge in [0.25, 0.3) is 0 Å². The van der Waals surface area contributed by atoms with E-state index < -0.39 is 18.3 Å². The molecule has 2 aliphatic carbocycles. The topological polar surface area (TPSA) is 27.7 Å². The maximum Gasteiger partial charge on any atom is 0.495 e. The van der Waals surface area contributed by atoms with E-state index >= 15 is 0 Å². The maximum atomic E-state index is 6.93. The molecule has 3 aliphatic rings. The summed E-state index contributed by atoms with van der Waals surface area (Å²) in [6, 6.07) is 39.3. The third kappa shape index (κ3) is 4.28. The zero-order valence-electron chi connectivity index (χ0n) is 25.1. The predicted molar refractivity (Wildman–Crippen MR) is 172 cm³/mol. The summed E-state index contributed by atoms with van der Waals surface area (Å²) in [6.07, 6.45) is 0.978. The van der Waals surface area contributed by atoms with Gasteiger partial charge in [0.05, 0.1) is 18.3 Å². The SMILES string of the molecule is COc1ccc(C2=C(c3ccccc3)C(B3OC(C)(C)C(C)(C)O3)=C(c3ccccc3)[C@H]3c4ccccc4C[C@@H]23)cc1. The molecule has 4 aromatic carbocycles. The van der Waals surface area contributed by atoms with E-state index in [1.54, 1.807) is 7.11 Å². The summed E-state index contributed by atoms with van der Waals surface area (Å²) in [4.78, 5) is 0. The highest BCUT2D eigenvalue weighted by molar-refractivity contribution is 6.61. The Labute approximate surface area is 250 Å². The highest BCUT2D eigenvalue weighted by Crippen LogP contribution is 2.60. The summed E-state index contributed by atoms with van der Waals surface area (Å²) in [5, 5.41) is 0. The molecule has 0 N–H and O–H groups in total. The molecule has 0 spiro atoms. The van der Waals surface area contributed by atoms with Crippen LogP contribution in [0.25, 0.3) is 16.7 Å². The lowest BCUT2D eigenvalue weighted by atomic mass is 9.58. The molecule has 7 rings (SSSR count). The van der Waals surface area contributed by atoms with Gasteiger partial charge in [-0.1, -0.05) is 97.1 Å². The van der Waals surface area contributed by atoms with Crippen molar-refractivity contribution in [3.8, 4) is 5.75 Å². The molecule has 1 saturated heterocycles. The first-order valence-electron chi connectivity index (χ1n) is 15.0. The molecule has 1 heterocycles.